The van der Waals surface area contributed by atoms with Gasteiger partial charge in [0.1, 0.15) is 23.1 Å². The van der Waals surface area contributed by atoms with Gasteiger partial charge in [-0.05, 0) is 43.3 Å². The Hall–Kier alpha value is -2.50. The van der Waals surface area contributed by atoms with E-state index in [1.54, 1.807) is 24.0 Å². The smallest absolute Gasteiger partial charge is 0.270 e. The second-order valence-corrected chi connectivity index (χ2v) is 7.64. The van der Waals surface area contributed by atoms with E-state index in [2.05, 4.69) is 4.98 Å². The Morgan fingerprint density at radius 1 is 1.26 bits per heavy atom. The van der Waals surface area contributed by atoms with Crippen molar-refractivity contribution in [2.45, 2.75) is 25.0 Å². The minimum absolute atomic E-state index is 0.138. The van der Waals surface area contributed by atoms with Gasteiger partial charge in [-0.3, -0.25) is 4.79 Å². The third kappa shape index (κ3) is 3.66. The minimum Gasteiger partial charge on any atom is -0.487 e. The minimum atomic E-state index is -1.14. The van der Waals surface area contributed by atoms with Gasteiger partial charge in [-0.2, -0.15) is 0 Å². The van der Waals surface area contributed by atoms with Crippen molar-refractivity contribution in [2.75, 3.05) is 13.1 Å². The predicted molar refractivity (Wildman–Crippen MR) is 105 cm³/mol. The first-order valence-electron chi connectivity index (χ1n) is 8.94. The molecule has 1 fully saturated rings. The molecule has 5 nitrogen and oxygen atoms in total. The second-order valence-electron chi connectivity index (χ2n) is 7.21. The zero-order valence-electron chi connectivity index (χ0n) is 15.0. The number of aromatic nitrogens is 1. The molecule has 3 aromatic rings. The van der Waals surface area contributed by atoms with Crippen LogP contribution in [0.15, 0.2) is 54.6 Å². The standard InChI is InChI=1S/C21H21ClN2O3/c1-21(26)13-24(10-9-19(21)27-16-5-3-2-4-6-16)20(25)18-12-14-11-15(22)7-8-17(14)23-18/h2-8,11-12,19,23,26H,9-10,13H2,1H3/t19-,21-/m0/s1. The van der Waals surface area contributed by atoms with Gasteiger partial charge in [-0.1, -0.05) is 29.8 Å². The molecule has 1 aliphatic rings. The Morgan fingerprint density at radius 3 is 2.78 bits per heavy atom. The van der Waals surface area contributed by atoms with Gasteiger partial charge in [0.25, 0.3) is 5.91 Å². The average Bonchev–Trinajstić information content (AvgIpc) is 3.06. The van der Waals surface area contributed by atoms with Crippen LogP contribution in [0.1, 0.15) is 23.8 Å². The second kappa shape index (κ2) is 6.91. The molecular formula is C21H21ClN2O3. The molecule has 1 aliphatic heterocycles. The van der Waals surface area contributed by atoms with Crippen molar-refractivity contribution in [3.8, 4) is 5.75 Å². The highest BCUT2D eigenvalue weighted by Gasteiger charge is 2.41. The number of piperidine rings is 1. The Balaban J connectivity index is 1.49. The molecule has 2 atom stereocenters. The molecular weight excluding hydrogens is 364 g/mol. The van der Waals surface area contributed by atoms with E-state index in [9.17, 15) is 9.90 Å². The molecule has 0 bridgehead atoms. The number of aliphatic hydroxyl groups is 1. The SMILES string of the molecule is C[C@]1(O)CN(C(=O)c2cc3cc(Cl)ccc3[nH]2)CC[C@@H]1Oc1ccccc1. The number of H-pyrrole nitrogens is 1. The van der Waals surface area contributed by atoms with Gasteiger partial charge < -0.3 is 19.7 Å². The number of hydrogen-bond donors (Lipinski definition) is 2. The number of benzene rings is 2. The molecule has 27 heavy (non-hydrogen) atoms. The van der Waals surface area contributed by atoms with Crippen LogP contribution in [0.4, 0.5) is 0 Å². The summed E-state index contributed by atoms with van der Waals surface area (Å²) in [6.07, 6.45) is 0.185. The fourth-order valence-electron chi connectivity index (χ4n) is 3.56. The van der Waals surface area contributed by atoms with Gasteiger partial charge in [0.2, 0.25) is 0 Å². The Bertz CT molecular complexity index is 968. The van der Waals surface area contributed by atoms with E-state index < -0.39 is 5.60 Å². The number of likely N-dealkylation sites (tertiary alicyclic amines) is 1. The van der Waals surface area contributed by atoms with Crippen molar-refractivity contribution in [2.24, 2.45) is 0 Å². The van der Waals surface area contributed by atoms with Gasteiger partial charge in [0.05, 0.1) is 6.54 Å². The van der Waals surface area contributed by atoms with Gasteiger partial charge in [0, 0.05) is 28.9 Å². The lowest BCUT2D eigenvalue weighted by Crippen LogP contribution is -2.58. The predicted octanol–water partition coefficient (Wildman–Crippen LogP) is 3.87. The van der Waals surface area contributed by atoms with Crippen molar-refractivity contribution in [1.82, 2.24) is 9.88 Å². The Kier molecular flexibility index (Phi) is 4.58. The van der Waals surface area contributed by atoms with E-state index in [1.807, 2.05) is 42.5 Å². The molecule has 140 valence electrons. The number of nitrogens with one attached hydrogen (secondary N) is 1. The number of aromatic amines is 1. The summed E-state index contributed by atoms with van der Waals surface area (Å²) >= 11 is 6.02. The summed E-state index contributed by atoms with van der Waals surface area (Å²) < 4.78 is 5.96. The fourth-order valence-corrected chi connectivity index (χ4v) is 3.74. The summed E-state index contributed by atoms with van der Waals surface area (Å²) in [6, 6.07) is 16.7. The van der Waals surface area contributed by atoms with Crippen LogP contribution in [0.5, 0.6) is 5.75 Å². The van der Waals surface area contributed by atoms with Gasteiger partial charge in [0.15, 0.2) is 0 Å². The molecule has 4 rings (SSSR count). The zero-order chi connectivity index (χ0) is 19.0. The lowest BCUT2D eigenvalue weighted by molar-refractivity contribution is -0.0899. The molecule has 1 amide bonds. The number of hydrogen-bond acceptors (Lipinski definition) is 3. The zero-order valence-corrected chi connectivity index (χ0v) is 15.7. The van der Waals surface area contributed by atoms with Crippen molar-refractivity contribution in [1.29, 1.82) is 0 Å². The van der Waals surface area contributed by atoms with Crippen molar-refractivity contribution in [3.63, 3.8) is 0 Å². The van der Waals surface area contributed by atoms with E-state index in [0.29, 0.717) is 23.7 Å². The third-order valence-electron chi connectivity index (χ3n) is 4.99. The highest BCUT2D eigenvalue weighted by molar-refractivity contribution is 6.31. The van der Waals surface area contributed by atoms with Crippen molar-refractivity contribution in [3.05, 3.63) is 65.3 Å². The summed E-state index contributed by atoms with van der Waals surface area (Å²) in [5.74, 6) is 0.579. The number of carbonyl (C=O) groups is 1. The number of amides is 1. The molecule has 1 aromatic heterocycles. The van der Waals surface area contributed by atoms with Gasteiger partial charge in [-0.15, -0.1) is 0 Å². The highest BCUT2D eigenvalue weighted by Crippen LogP contribution is 2.28. The molecule has 0 spiro atoms. The number of rotatable bonds is 3. The van der Waals surface area contributed by atoms with Crippen molar-refractivity contribution >= 4 is 28.4 Å². The largest absolute Gasteiger partial charge is 0.487 e. The fraction of sp³-hybridized carbons (Fsp3) is 0.286. The molecule has 1 saturated heterocycles. The summed E-state index contributed by atoms with van der Waals surface area (Å²) in [4.78, 5) is 17.7. The summed E-state index contributed by atoms with van der Waals surface area (Å²) in [5.41, 5.74) is 0.210. The monoisotopic (exact) mass is 384 g/mol. The highest BCUT2D eigenvalue weighted by atomic mass is 35.5. The number of halogens is 1. The van der Waals surface area contributed by atoms with E-state index in [-0.39, 0.29) is 18.6 Å². The lowest BCUT2D eigenvalue weighted by atomic mass is 9.91. The van der Waals surface area contributed by atoms with Crippen LogP contribution in [0, 0.1) is 0 Å². The van der Waals surface area contributed by atoms with E-state index in [0.717, 1.165) is 16.7 Å². The van der Waals surface area contributed by atoms with Crippen LogP contribution in [-0.4, -0.2) is 45.7 Å². The average molecular weight is 385 g/mol. The number of carbonyl (C=O) groups excluding carboxylic acids is 1. The number of β-amino-alcohol motifs (C(OH)–C–C–N with tert-alkyl or cyclic N) is 1. The first kappa shape index (κ1) is 17.9. The molecule has 2 aromatic carbocycles. The maximum Gasteiger partial charge on any atom is 0.270 e. The molecule has 2 heterocycles. The lowest BCUT2D eigenvalue weighted by Gasteiger charge is -2.42. The molecule has 0 unspecified atom stereocenters. The molecule has 6 heteroatoms. The van der Waals surface area contributed by atoms with Crippen LogP contribution in [0.2, 0.25) is 5.02 Å². The third-order valence-corrected chi connectivity index (χ3v) is 5.22. The molecule has 0 saturated carbocycles. The van der Waals surface area contributed by atoms with Crippen molar-refractivity contribution < 1.29 is 14.6 Å². The van der Waals surface area contributed by atoms with E-state index in [1.165, 1.54) is 0 Å². The summed E-state index contributed by atoms with van der Waals surface area (Å²) in [5, 5.41) is 12.4. The summed E-state index contributed by atoms with van der Waals surface area (Å²) in [7, 11) is 0. The number of para-hydroxylation sites is 1. The van der Waals surface area contributed by atoms with Crippen LogP contribution in [0.3, 0.4) is 0 Å². The summed E-state index contributed by atoms with van der Waals surface area (Å²) in [6.45, 7) is 2.44. The van der Waals surface area contributed by atoms with Crippen LogP contribution in [0.25, 0.3) is 10.9 Å². The Labute approximate surface area is 162 Å². The van der Waals surface area contributed by atoms with Gasteiger partial charge >= 0.3 is 0 Å². The Morgan fingerprint density at radius 2 is 2.04 bits per heavy atom. The normalized spacial score (nSPS) is 22.8. The molecule has 0 aliphatic carbocycles. The van der Waals surface area contributed by atoms with E-state index in [4.69, 9.17) is 16.3 Å². The quantitative estimate of drug-likeness (QED) is 0.720. The van der Waals surface area contributed by atoms with Crippen LogP contribution in [-0.2, 0) is 0 Å². The first-order chi connectivity index (χ1) is 12.9. The molecule has 0 radical (unpaired) electrons. The van der Waals surface area contributed by atoms with E-state index >= 15 is 0 Å². The topological polar surface area (TPSA) is 65.6 Å². The molecule has 2 N–H and O–H groups in total. The van der Waals surface area contributed by atoms with Crippen LogP contribution < -0.4 is 4.74 Å². The number of nitrogens with zero attached hydrogens (tertiary/aromatic N) is 1. The first-order valence-corrected chi connectivity index (χ1v) is 9.32. The maximum atomic E-state index is 12.9. The number of ether oxygens (including phenoxy) is 1. The van der Waals surface area contributed by atoms with Gasteiger partial charge in [-0.25, -0.2) is 0 Å². The van der Waals surface area contributed by atoms with Crippen LogP contribution >= 0.6 is 11.6 Å². The maximum absolute atomic E-state index is 12.9. The number of fused-ring (bicyclic) bond motifs is 1.